The first-order valence-electron chi connectivity index (χ1n) is 9.41. The summed E-state index contributed by atoms with van der Waals surface area (Å²) < 4.78 is 0. The maximum atomic E-state index is 12.6. The first-order chi connectivity index (χ1) is 12.6. The fourth-order valence-electron chi connectivity index (χ4n) is 4.09. The van der Waals surface area contributed by atoms with Crippen molar-refractivity contribution >= 4 is 29.1 Å². The normalized spacial score (nSPS) is 24.6. The van der Waals surface area contributed by atoms with E-state index in [1.807, 2.05) is 27.3 Å². The van der Waals surface area contributed by atoms with Gasteiger partial charge < -0.3 is 15.1 Å². The summed E-state index contributed by atoms with van der Waals surface area (Å²) in [5.41, 5.74) is 0. The molecule has 1 aromatic rings. The Morgan fingerprint density at radius 1 is 1.23 bits per heavy atom. The van der Waals surface area contributed by atoms with E-state index >= 15 is 0 Å². The van der Waals surface area contributed by atoms with Crippen LogP contribution >= 0.6 is 11.3 Å². The predicted molar refractivity (Wildman–Crippen MR) is 101 cm³/mol. The third kappa shape index (κ3) is 4.44. The maximum Gasteiger partial charge on any atom is 0.227 e. The standard InChI is InChI=1S/C19H27N3O3S/c1-14(23)22-10-4-9-21(18(24)13-15-5-3-12-26-15)11-8-20-19(25)16-6-2-7-17(16)22/h3,5,12,16-17H,2,4,6-11,13H2,1H3,(H,20,25). The number of thiophene rings is 1. The zero-order valence-electron chi connectivity index (χ0n) is 15.3. The number of carbonyl (C=O) groups is 3. The highest BCUT2D eigenvalue weighted by Crippen LogP contribution is 2.30. The lowest BCUT2D eigenvalue weighted by Crippen LogP contribution is -2.46. The van der Waals surface area contributed by atoms with E-state index in [2.05, 4.69) is 5.32 Å². The smallest absolute Gasteiger partial charge is 0.227 e. The summed E-state index contributed by atoms with van der Waals surface area (Å²) >= 11 is 1.58. The molecule has 1 aliphatic carbocycles. The summed E-state index contributed by atoms with van der Waals surface area (Å²) in [7, 11) is 0. The van der Waals surface area contributed by atoms with E-state index in [0.717, 1.165) is 30.6 Å². The minimum absolute atomic E-state index is 0.000806. The highest BCUT2D eigenvalue weighted by Gasteiger charge is 2.38. The number of amides is 3. The molecule has 3 rings (SSSR count). The van der Waals surface area contributed by atoms with Crippen LogP contribution in [0.5, 0.6) is 0 Å². The van der Waals surface area contributed by atoms with Crippen molar-refractivity contribution in [3.63, 3.8) is 0 Å². The molecular formula is C19H27N3O3S. The van der Waals surface area contributed by atoms with Crippen LogP contribution in [-0.2, 0) is 20.8 Å². The Bertz CT molecular complexity index is 646. The minimum Gasteiger partial charge on any atom is -0.354 e. The molecule has 2 atom stereocenters. The van der Waals surface area contributed by atoms with Gasteiger partial charge in [-0.2, -0.15) is 0 Å². The Morgan fingerprint density at radius 3 is 2.81 bits per heavy atom. The molecule has 1 saturated heterocycles. The van der Waals surface area contributed by atoms with Gasteiger partial charge in [-0.1, -0.05) is 12.5 Å². The molecule has 1 aliphatic heterocycles. The van der Waals surface area contributed by atoms with E-state index in [9.17, 15) is 14.4 Å². The number of fused-ring (bicyclic) bond motifs is 1. The molecule has 1 aromatic heterocycles. The Balaban J connectivity index is 1.69. The first kappa shape index (κ1) is 18.9. The van der Waals surface area contributed by atoms with Crippen molar-refractivity contribution < 1.29 is 14.4 Å². The van der Waals surface area contributed by atoms with Crippen molar-refractivity contribution in [3.8, 4) is 0 Å². The molecule has 2 fully saturated rings. The minimum atomic E-state index is -0.118. The Kier molecular flexibility index (Phi) is 6.29. The van der Waals surface area contributed by atoms with E-state index in [1.54, 1.807) is 18.3 Å². The topological polar surface area (TPSA) is 69.7 Å². The van der Waals surface area contributed by atoms with Gasteiger partial charge in [0.05, 0.1) is 12.3 Å². The molecule has 3 amide bonds. The molecule has 2 heterocycles. The van der Waals surface area contributed by atoms with Gasteiger partial charge in [0.1, 0.15) is 0 Å². The molecule has 142 valence electrons. The number of hydrogen-bond donors (Lipinski definition) is 1. The first-order valence-corrected chi connectivity index (χ1v) is 10.3. The lowest BCUT2D eigenvalue weighted by Gasteiger charge is -2.31. The van der Waals surface area contributed by atoms with Gasteiger partial charge in [0, 0.05) is 44.0 Å². The van der Waals surface area contributed by atoms with Crippen LogP contribution in [-0.4, -0.2) is 59.7 Å². The Labute approximate surface area is 158 Å². The SMILES string of the molecule is CC(=O)N1CCCN(C(=O)Cc2cccs2)CCNC(=O)C2CCCC21. The molecule has 0 radical (unpaired) electrons. The zero-order valence-corrected chi connectivity index (χ0v) is 16.1. The second-order valence-electron chi connectivity index (χ2n) is 7.10. The zero-order chi connectivity index (χ0) is 18.5. The number of hydrogen-bond acceptors (Lipinski definition) is 4. The van der Waals surface area contributed by atoms with E-state index in [1.165, 1.54) is 0 Å². The third-order valence-electron chi connectivity index (χ3n) is 5.39. The van der Waals surface area contributed by atoms with Gasteiger partial charge in [-0.3, -0.25) is 14.4 Å². The van der Waals surface area contributed by atoms with Gasteiger partial charge in [-0.05, 0) is 30.7 Å². The summed E-state index contributed by atoms with van der Waals surface area (Å²) in [6.45, 7) is 3.78. The molecule has 1 saturated carbocycles. The van der Waals surface area contributed by atoms with Gasteiger partial charge in [-0.25, -0.2) is 0 Å². The van der Waals surface area contributed by atoms with Crippen LogP contribution in [0.2, 0.25) is 0 Å². The number of nitrogens with one attached hydrogen (secondary N) is 1. The quantitative estimate of drug-likeness (QED) is 0.852. The predicted octanol–water partition coefficient (Wildman–Crippen LogP) is 1.66. The van der Waals surface area contributed by atoms with Crippen molar-refractivity contribution in [2.24, 2.45) is 5.92 Å². The second-order valence-corrected chi connectivity index (χ2v) is 8.13. The van der Waals surface area contributed by atoms with Crippen LogP contribution in [0, 0.1) is 5.92 Å². The van der Waals surface area contributed by atoms with Crippen LogP contribution in [0.15, 0.2) is 17.5 Å². The van der Waals surface area contributed by atoms with E-state index in [-0.39, 0.29) is 29.7 Å². The fourth-order valence-corrected chi connectivity index (χ4v) is 4.78. The largest absolute Gasteiger partial charge is 0.354 e. The molecule has 2 unspecified atom stereocenters. The third-order valence-corrected chi connectivity index (χ3v) is 6.26. The summed E-state index contributed by atoms with van der Waals surface area (Å²) in [6.07, 6.45) is 3.85. The molecule has 6 nitrogen and oxygen atoms in total. The van der Waals surface area contributed by atoms with Gasteiger partial charge in [0.2, 0.25) is 17.7 Å². The molecule has 7 heteroatoms. The summed E-state index contributed by atoms with van der Waals surface area (Å²) in [5, 5.41) is 4.96. The highest BCUT2D eigenvalue weighted by atomic mass is 32.1. The summed E-state index contributed by atoms with van der Waals surface area (Å²) in [4.78, 5) is 42.1. The number of rotatable bonds is 2. The second kappa shape index (κ2) is 8.66. The van der Waals surface area contributed by atoms with Crippen LogP contribution in [0.4, 0.5) is 0 Å². The molecule has 0 bridgehead atoms. The van der Waals surface area contributed by atoms with Crippen LogP contribution in [0.1, 0.15) is 37.5 Å². The molecule has 0 spiro atoms. The Hall–Kier alpha value is -1.89. The van der Waals surface area contributed by atoms with Gasteiger partial charge in [0.15, 0.2) is 0 Å². The van der Waals surface area contributed by atoms with Crippen molar-refractivity contribution in [2.45, 2.75) is 45.1 Å². The molecule has 1 N–H and O–H groups in total. The van der Waals surface area contributed by atoms with Crippen molar-refractivity contribution in [2.75, 3.05) is 26.2 Å². The van der Waals surface area contributed by atoms with Crippen LogP contribution in [0.25, 0.3) is 0 Å². The average molecular weight is 378 g/mol. The fraction of sp³-hybridized carbons (Fsp3) is 0.632. The average Bonchev–Trinajstić information content (AvgIpc) is 3.27. The van der Waals surface area contributed by atoms with Crippen LogP contribution in [0.3, 0.4) is 0 Å². The Morgan fingerprint density at radius 2 is 2.08 bits per heavy atom. The monoisotopic (exact) mass is 377 g/mol. The lowest BCUT2D eigenvalue weighted by atomic mass is 10.0. The van der Waals surface area contributed by atoms with Crippen molar-refractivity contribution in [1.29, 1.82) is 0 Å². The van der Waals surface area contributed by atoms with E-state index in [4.69, 9.17) is 0 Å². The summed E-state index contributed by atoms with van der Waals surface area (Å²) in [5.74, 6) is -0.000463. The molecule has 0 aromatic carbocycles. The lowest BCUT2D eigenvalue weighted by molar-refractivity contribution is -0.134. The van der Waals surface area contributed by atoms with Gasteiger partial charge in [-0.15, -0.1) is 11.3 Å². The molecule has 26 heavy (non-hydrogen) atoms. The van der Waals surface area contributed by atoms with Crippen LogP contribution < -0.4 is 5.32 Å². The number of nitrogens with zero attached hydrogens (tertiary/aromatic N) is 2. The van der Waals surface area contributed by atoms with Gasteiger partial charge >= 0.3 is 0 Å². The van der Waals surface area contributed by atoms with E-state index < -0.39 is 0 Å². The van der Waals surface area contributed by atoms with Gasteiger partial charge in [0.25, 0.3) is 0 Å². The molecular weight excluding hydrogens is 350 g/mol. The number of carbonyl (C=O) groups excluding carboxylic acids is 3. The van der Waals surface area contributed by atoms with E-state index in [0.29, 0.717) is 32.6 Å². The summed E-state index contributed by atoms with van der Waals surface area (Å²) in [6, 6.07) is 3.92. The molecule has 2 aliphatic rings. The highest BCUT2D eigenvalue weighted by molar-refractivity contribution is 7.10. The van der Waals surface area contributed by atoms with Crippen molar-refractivity contribution in [1.82, 2.24) is 15.1 Å². The maximum absolute atomic E-state index is 12.6. The van der Waals surface area contributed by atoms with Crippen molar-refractivity contribution in [3.05, 3.63) is 22.4 Å².